The Kier molecular flexibility index (Phi) is 6.92. The average Bonchev–Trinajstić information content (AvgIpc) is 2.50. The number of ether oxygens (including phenoxy) is 2. The standard InChI is InChI=1S/C15H18N2O4/c1-17(8-4-7-16)14(18)11-21-15(19)13-6-3-5-12(9-13)10-20-2/h3,5-6,9H,4,8,10-11H2,1-2H3. The number of benzene rings is 1. The van der Waals surface area contributed by atoms with Crippen molar-refractivity contribution in [2.24, 2.45) is 0 Å². The van der Waals surface area contributed by atoms with Gasteiger partial charge in [0.05, 0.1) is 24.7 Å². The van der Waals surface area contributed by atoms with Crippen molar-refractivity contribution in [3.05, 3.63) is 35.4 Å². The summed E-state index contributed by atoms with van der Waals surface area (Å²) in [5.74, 6) is -0.901. The first-order valence-corrected chi connectivity index (χ1v) is 6.44. The Hall–Kier alpha value is -2.39. The number of hydrogen-bond donors (Lipinski definition) is 0. The van der Waals surface area contributed by atoms with Crippen molar-refractivity contribution in [1.29, 1.82) is 5.26 Å². The van der Waals surface area contributed by atoms with E-state index in [9.17, 15) is 9.59 Å². The van der Waals surface area contributed by atoms with Crippen molar-refractivity contribution >= 4 is 11.9 Å². The van der Waals surface area contributed by atoms with Crippen molar-refractivity contribution in [3.63, 3.8) is 0 Å². The van der Waals surface area contributed by atoms with Gasteiger partial charge in [0.25, 0.3) is 5.91 Å². The van der Waals surface area contributed by atoms with Crippen LogP contribution in [0.3, 0.4) is 0 Å². The second kappa shape index (κ2) is 8.72. The van der Waals surface area contributed by atoms with E-state index in [1.54, 1.807) is 32.4 Å². The molecule has 0 saturated heterocycles. The first kappa shape index (κ1) is 16.7. The Bertz CT molecular complexity index is 537. The second-order valence-corrected chi connectivity index (χ2v) is 4.43. The third kappa shape index (κ3) is 5.63. The topological polar surface area (TPSA) is 79.6 Å². The van der Waals surface area contributed by atoms with Gasteiger partial charge >= 0.3 is 5.97 Å². The van der Waals surface area contributed by atoms with E-state index in [-0.39, 0.29) is 18.9 Å². The van der Waals surface area contributed by atoms with E-state index < -0.39 is 5.97 Å². The number of amides is 1. The number of esters is 1. The van der Waals surface area contributed by atoms with Crippen LogP contribution in [0.15, 0.2) is 24.3 Å². The number of nitrogens with zero attached hydrogens (tertiary/aromatic N) is 2. The number of nitriles is 1. The molecule has 0 atom stereocenters. The lowest BCUT2D eigenvalue weighted by molar-refractivity contribution is -0.133. The van der Waals surface area contributed by atoms with Gasteiger partial charge in [0.1, 0.15) is 0 Å². The Morgan fingerprint density at radius 2 is 2.14 bits per heavy atom. The quantitative estimate of drug-likeness (QED) is 0.708. The smallest absolute Gasteiger partial charge is 0.338 e. The number of likely N-dealkylation sites (N-methyl/N-ethyl adjacent to an activating group) is 1. The SMILES string of the molecule is COCc1cccc(C(=O)OCC(=O)N(C)CCC#N)c1. The molecule has 0 bridgehead atoms. The highest BCUT2D eigenvalue weighted by molar-refractivity contribution is 5.91. The molecule has 6 nitrogen and oxygen atoms in total. The molecule has 1 aromatic carbocycles. The zero-order valence-electron chi connectivity index (χ0n) is 12.2. The molecule has 0 spiro atoms. The molecule has 1 aromatic rings. The second-order valence-electron chi connectivity index (χ2n) is 4.43. The summed E-state index contributed by atoms with van der Waals surface area (Å²) in [4.78, 5) is 24.9. The van der Waals surface area contributed by atoms with E-state index in [0.29, 0.717) is 18.7 Å². The maximum atomic E-state index is 11.9. The first-order valence-electron chi connectivity index (χ1n) is 6.44. The van der Waals surface area contributed by atoms with Gasteiger partial charge in [0.15, 0.2) is 6.61 Å². The number of hydrogen-bond acceptors (Lipinski definition) is 5. The van der Waals surface area contributed by atoms with E-state index in [2.05, 4.69) is 0 Å². The van der Waals surface area contributed by atoms with Crippen molar-refractivity contribution < 1.29 is 19.1 Å². The van der Waals surface area contributed by atoms with E-state index >= 15 is 0 Å². The summed E-state index contributed by atoms with van der Waals surface area (Å²) < 4.78 is 9.96. The van der Waals surface area contributed by atoms with Crippen LogP contribution in [0, 0.1) is 11.3 Å². The summed E-state index contributed by atoms with van der Waals surface area (Å²) >= 11 is 0. The van der Waals surface area contributed by atoms with Crippen molar-refractivity contribution in [3.8, 4) is 6.07 Å². The Balaban J connectivity index is 2.52. The molecule has 0 aliphatic rings. The Morgan fingerprint density at radius 1 is 1.38 bits per heavy atom. The number of carbonyl (C=O) groups is 2. The minimum atomic E-state index is -0.560. The highest BCUT2D eigenvalue weighted by Crippen LogP contribution is 2.08. The molecule has 0 saturated carbocycles. The molecule has 1 rings (SSSR count). The van der Waals surface area contributed by atoms with Crippen LogP contribution in [0.5, 0.6) is 0 Å². The number of methoxy groups -OCH3 is 1. The fourth-order valence-electron chi connectivity index (χ4n) is 1.62. The lowest BCUT2D eigenvalue weighted by Gasteiger charge is -2.15. The monoisotopic (exact) mass is 290 g/mol. The predicted molar refractivity (Wildman–Crippen MR) is 75.3 cm³/mol. The summed E-state index contributed by atoms with van der Waals surface area (Å²) in [5, 5.41) is 8.45. The summed E-state index contributed by atoms with van der Waals surface area (Å²) in [6.45, 7) is 0.377. The molecule has 112 valence electrons. The van der Waals surface area contributed by atoms with Crippen LogP contribution in [0.1, 0.15) is 22.3 Å². The summed E-state index contributed by atoms with van der Waals surface area (Å²) in [6, 6.07) is 8.79. The largest absolute Gasteiger partial charge is 0.452 e. The van der Waals surface area contributed by atoms with Crippen LogP contribution < -0.4 is 0 Å². The predicted octanol–water partition coefficient (Wildman–Crippen LogP) is 1.36. The van der Waals surface area contributed by atoms with Gasteiger partial charge in [-0.25, -0.2) is 4.79 Å². The van der Waals surface area contributed by atoms with Gasteiger partial charge in [0, 0.05) is 20.7 Å². The molecule has 0 fully saturated rings. The molecule has 6 heteroatoms. The molecule has 0 N–H and O–H groups in total. The van der Waals surface area contributed by atoms with E-state index in [1.807, 2.05) is 12.1 Å². The third-order valence-electron chi connectivity index (χ3n) is 2.79. The van der Waals surface area contributed by atoms with Gasteiger partial charge in [-0.05, 0) is 17.7 Å². The van der Waals surface area contributed by atoms with Crippen molar-refractivity contribution in [2.45, 2.75) is 13.0 Å². The molecular weight excluding hydrogens is 272 g/mol. The maximum Gasteiger partial charge on any atom is 0.338 e. The van der Waals surface area contributed by atoms with E-state index in [1.165, 1.54) is 4.90 Å². The lowest BCUT2D eigenvalue weighted by atomic mass is 10.1. The fraction of sp³-hybridized carbons (Fsp3) is 0.400. The first-order chi connectivity index (χ1) is 10.1. The van der Waals surface area contributed by atoms with Gasteiger partial charge in [-0.3, -0.25) is 4.79 Å². The van der Waals surface area contributed by atoms with Gasteiger partial charge in [-0.15, -0.1) is 0 Å². The van der Waals surface area contributed by atoms with Crippen LogP contribution in [-0.4, -0.2) is 44.1 Å². The molecule has 0 aliphatic carbocycles. The molecule has 0 unspecified atom stereocenters. The minimum Gasteiger partial charge on any atom is -0.452 e. The van der Waals surface area contributed by atoms with Gasteiger partial charge in [-0.2, -0.15) is 5.26 Å². The molecule has 0 aliphatic heterocycles. The molecule has 0 heterocycles. The average molecular weight is 290 g/mol. The number of rotatable bonds is 7. The Morgan fingerprint density at radius 3 is 2.81 bits per heavy atom. The Labute approximate surface area is 123 Å². The number of carbonyl (C=O) groups excluding carboxylic acids is 2. The zero-order valence-corrected chi connectivity index (χ0v) is 12.2. The van der Waals surface area contributed by atoms with Crippen molar-refractivity contribution in [2.75, 3.05) is 27.3 Å². The summed E-state index contributed by atoms with van der Waals surface area (Å²) in [7, 11) is 3.13. The minimum absolute atomic E-state index is 0.245. The molecular formula is C15H18N2O4. The molecule has 21 heavy (non-hydrogen) atoms. The summed E-state index contributed by atoms with van der Waals surface area (Å²) in [5.41, 5.74) is 1.22. The highest BCUT2D eigenvalue weighted by Gasteiger charge is 2.13. The maximum absolute atomic E-state index is 11.9. The summed E-state index contributed by atoms with van der Waals surface area (Å²) in [6.07, 6.45) is 0.245. The van der Waals surface area contributed by atoms with Gasteiger partial charge < -0.3 is 14.4 Å². The van der Waals surface area contributed by atoms with Gasteiger partial charge in [0.2, 0.25) is 0 Å². The third-order valence-corrected chi connectivity index (χ3v) is 2.79. The fourth-order valence-corrected chi connectivity index (χ4v) is 1.62. The normalized spacial score (nSPS) is 9.76. The molecule has 1 amide bonds. The van der Waals surface area contributed by atoms with E-state index in [4.69, 9.17) is 14.7 Å². The molecule has 0 aromatic heterocycles. The lowest BCUT2D eigenvalue weighted by Crippen LogP contribution is -2.31. The van der Waals surface area contributed by atoms with Crippen molar-refractivity contribution in [1.82, 2.24) is 4.90 Å². The zero-order chi connectivity index (χ0) is 15.7. The van der Waals surface area contributed by atoms with Crippen LogP contribution in [0.4, 0.5) is 0 Å². The van der Waals surface area contributed by atoms with Crippen LogP contribution in [-0.2, 0) is 20.9 Å². The molecule has 0 radical (unpaired) electrons. The van der Waals surface area contributed by atoms with Crippen LogP contribution in [0.2, 0.25) is 0 Å². The van der Waals surface area contributed by atoms with Crippen LogP contribution >= 0.6 is 0 Å². The highest BCUT2D eigenvalue weighted by atomic mass is 16.5. The van der Waals surface area contributed by atoms with Gasteiger partial charge in [-0.1, -0.05) is 12.1 Å². The van der Waals surface area contributed by atoms with Crippen LogP contribution in [0.25, 0.3) is 0 Å². The van der Waals surface area contributed by atoms with E-state index in [0.717, 1.165) is 5.56 Å².